The molecule has 0 saturated heterocycles. The third-order valence-corrected chi connectivity index (χ3v) is 3.72. The molecule has 0 spiro atoms. The molecule has 0 aliphatic carbocycles. The molecule has 0 aliphatic heterocycles. The van der Waals surface area contributed by atoms with Crippen LogP contribution in [0.3, 0.4) is 0 Å². The molecule has 0 saturated carbocycles. The van der Waals surface area contributed by atoms with Crippen LogP contribution in [0.1, 0.15) is 21.5 Å². The van der Waals surface area contributed by atoms with Gasteiger partial charge in [-0.3, -0.25) is 4.79 Å². The molecule has 2 heteroatoms. The molecule has 98 valence electrons. The molecule has 3 aromatic carbocycles. The zero-order valence-electron chi connectivity index (χ0n) is 11.1. The maximum atomic E-state index is 12.7. The van der Waals surface area contributed by atoms with Crippen molar-refractivity contribution < 1.29 is 4.79 Å². The Morgan fingerprint density at radius 2 is 1.60 bits per heavy atom. The van der Waals surface area contributed by atoms with Crippen LogP contribution in [0, 0.1) is 6.92 Å². The standard InChI is InChI=1S/C18H13ClO/c1-12-6-7-13-4-2-3-5-16(13)17(12)18(20)14-8-10-15(19)11-9-14/h2-11H,1H3. The van der Waals surface area contributed by atoms with Crippen molar-refractivity contribution in [3.8, 4) is 0 Å². The van der Waals surface area contributed by atoms with E-state index in [0.717, 1.165) is 21.9 Å². The van der Waals surface area contributed by atoms with Gasteiger partial charge in [0.15, 0.2) is 5.78 Å². The van der Waals surface area contributed by atoms with E-state index in [1.807, 2.05) is 43.3 Å². The van der Waals surface area contributed by atoms with Crippen molar-refractivity contribution in [2.75, 3.05) is 0 Å². The van der Waals surface area contributed by atoms with Crippen molar-refractivity contribution in [2.45, 2.75) is 6.92 Å². The average molecular weight is 281 g/mol. The monoisotopic (exact) mass is 280 g/mol. The van der Waals surface area contributed by atoms with Gasteiger partial charge in [-0.05, 0) is 47.5 Å². The van der Waals surface area contributed by atoms with Gasteiger partial charge in [0.25, 0.3) is 0 Å². The molecule has 0 unspecified atom stereocenters. The normalized spacial score (nSPS) is 10.7. The number of benzene rings is 3. The molecular formula is C18H13ClO. The van der Waals surface area contributed by atoms with E-state index in [9.17, 15) is 4.79 Å². The summed E-state index contributed by atoms with van der Waals surface area (Å²) < 4.78 is 0. The lowest BCUT2D eigenvalue weighted by Gasteiger charge is -2.09. The van der Waals surface area contributed by atoms with Gasteiger partial charge in [-0.1, -0.05) is 48.0 Å². The number of carbonyl (C=O) groups is 1. The minimum absolute atomic E-state index is 0.0379. The number of rotatable bonds is 2. The summed E-state index contributed by atoms with van der Waals surface area (Å²) in [5.74, 6) is 0.0379. The zero-order chi connectivity index (χ0) is 14.1. The number of aryl methyl sites for hydroxylation is 1. The highest BCUT2D eigenvalue weighted by molar-refractivity contribution is 6.30. The van der Waals surface area contributed by atoms with Gasteiger partial charge in [-0.15, -0.1) is 0 Å². The van der Waals surface area contributed by atoms with Crippen molar-refractivity contribution in [1.82, 2.24) is 0 Å². The smallest absolute Gasteiger partial charge is 0.193 e. The van der Waals surface area contributed by atoms with Crippen LogP contribution < -0.4 is 0 Å². The molecule has 3 rings (SSSR count). The zero-order valence-corrected chi connectivity index (χ0v) is 11.8. The van der Waals surface area contributed by atoms with Gasteiger partial charge < -0.3 is 0 Å². The molecule has 0 heterocycles. The fourth-order valence-electron chi connectivity index (χ4n) is 2.43. The Labute approximate surface area is 122 Å². The minimum Gasteiger partial charge on any atom is -0.289 e. The molecule has 20 heavy (non-hydrogen) atoms. The van der Waals surface area contributed by atoms with Crippen LogP contribution in [-0.2, 0) is 0 Å². The molecule has 0 aromatic heterocycles. The van der Waals surface area contributed by atoms with Gasteiger partial charge in [-0.2, -0.15) is 0 Å². The number of ketones is 1. The van der Waals surface area contributed by atoms with Gasteiger partial charge >= 0.3 is 0 Å². The first-order chi connectivity index (χ1) is 9.66. The van der Waals surface area contributed by atoms with E-state index in [1.165, 1.54) is 0 Å². The number of fused-ring (bicyclic) bond motifs is 1. The SMILES string of the molecule is Cc1ccc2ccccc2c1C(=O)c1ccc(Cl)cc1. The number of carbonyl (C=O) groups excluding carboxylic acids is 1. The van der Waals surface area contributed by atoms with Gasteiger partial charge in [0, 0.05) is 16.1 Å². The third kappa shape index (κ3) is 2.21. The number of halogens is 1. The molecule has 0 bridgehead atoms. The van der Waals surface area contributed by atoms with Crippen molar-refractivity contribution >= 4 is 28.2 Å². The van der Waals surface area contributed by atoms with E-state index in [4.69, 9.17) is 11.6 Å². The van der Waals surface area contributed by atoms with Crippen molar-refractivity contribution in [3.63, 3.8) is 0 Å². The summed E-state index contributed by atoms with van der Waals surface area (Å²) in [6, 6.07) is 19.0. The molecule has 0 radical (unpaired) electrons. The molecule has 0 N–H and O–H groups in total. The van der Waals surface area contributed by atoms with Gasteiger partial charge in [0.2, 0.25) is 0 Å². The van der Waals surface area contributed by atoms with Gasteiger partial charge in [0.05, 0.1) is 0 Å². The highest BCUT2D eigenvalue weighted by Crippen LogP contribution is 2.25. The molecule has 0 aliphatic rings. The van der Waals surface area contributed by atoms with Gasteiger partial charge in [0.1, 0.15) is 0 Å². The molecule has 0 amide bonds. The Kier molecular flexibility index (Phi) is 3.29. The Morgan fingerprint density at radius 3 is 2.35 bits per heavy atom. The first-order valence-electron chi connectivity index (χ1n) is 6.45. The van der Waals surface area contributed by atoms with Crippen molar-refractivity contribution in [3.05, 3.63) is 82.4 Å². The fraction of sp³-hybridized carbons (Fsp3) is 0.0556. The highest BCUT2D eigenvalue weighted by Gasteiger charge is 2.14. The Balaban J connectivity index is 2.21. The van der Waals surface area contributed by atoms with Crippen LogP contribution in [0.15, 0.2) is 60.7 Å². The second-order valence-corrected chi connectivity index (χ2v) is 5.25. The van der Waals surface area contributed by atoms with E-state index in [0.29, 0.717) is 10.6 Å². The van der Waals surface area contributed by atoms with Crippen LogP contribution in [0.5, 0.6) is 0 Å². The highest BCUT2D eigenvalue weighted by atomic mass is 35.5. The first kappa shape index (κ1) is 12.9. The Bertz CT molecular complexity index is 788. The summed E-state index contributed by atoms with van der Waals surface area (Å²) in [4.78, 5) is 12.7. The van der Waals surface area contributed by atoms with Crippen LogP contribution in [-0.4, -0.2) is 5.78 Å². The summed E-state index contributed by atoms with van der Waals surface area (Å²) >= 11 is 5.88. The maximum Gasteiger partial charge on any atom is 0.193 e. The van der Waals surface area contributed by atoms with Crippen LogP contribution in [0.25, 0.3) is 10.8 Å². The third-order valence-electron chi connectivity index (χ3n) is 3.47. The fourth-order valence-corrected chi connectivity index (χ4v) is 2.55. The topological polar surface area (TPSA) is 17.1 Å². The van der Waals surface area contributed by atoms with E-state index < -0.39 is 0 Å². The summed E-state index contributed by atoms with van der Waals surface area (Å²) in [6.45, 7) is 1.97. The van der Waals surface area contributed by atoms with E-state index in [-0.39, 0.29) is 5.78 Å². The average Bonchev–Trinajstić information content (AvgIpc) is 2.47. The van der Waals surface area contributed by atoms with E-state index in [2.05, 4.69) is 0 Å². The maximum absolute atomic E-state index is 12.7. The largest absolute Gasteiger partial charge is 0.289 e. The van der Waals surface area contributed by atoms with Crippen molar-refractivity contribution in [1.29, 1.82) is 0 Å². The van der Waals surface area contributed by atoms with E-state index in [1.54, 1.807) is 24.3 Å². The molecular weight excluding hydrogens is 268 g/mol. The molecule has 0 fully saturated rings. The quantitative estimate of drug-likeness (QED) is 0.602. The van der Waals surface area contributed by atoms with Crippen LogP contribution >= 0.6 is 11.6 Å². The van der Waals surface area contributed by atoms with Gasteiger partial charge in [-0.25, -0.2) is 0 Å². The molecule has 1 nitrogen and oxygen atoms in total. The Morgan fingerprint density at radius 1 is 0.900 bits per heavy atom. The van der Waals surface area contributed by atoms with Crippen LogP contribution in [0.2, 0.25) is 5.02 Å². The molecule has 3 aromatic rings. The van der Waals surface area contributed by atoms with E-state index >= 15 is 0 Å². The molecule has 0 atom stereocenters. The predicted octanol–water partition coefficient (Wildman–Crippen LogP) is 5.03. The van der Waals surface area contributed by atoms with Crippen LogP contribution in [0.4, 0.5) is 0 Å². The number of hydrogen-bond donors (Lipinski definition) is 0. The Hall–Kier alpha value is -2.12. The lowest BCUT2D eigenvalue weighted by atomic mass is 9.93. The second-order valence-electron chi connectivity index (χ2n) is 4.81. The number of hydrogen-bond acceptors (Lipinski definition) is 1. The predicted molar refractivity (Wildman–Crippen MR) is 83.6 cm³/mol. The summed E-state index contributed by atoms with van der Waals surface area (Å²) in [7, 11) is 0. The summed E-state index contributed by atoms with van der Waals surface area (Å²) in [5.41, 5.74) is 2.42. The lowest BCUT2D eigenvalue weighted by molar-refractivity contribution is 0.104. The van der Waals surface area contributed by atoms with Crippen molar-refractivity contribution in [2.24, 2.45) is 0 Å². The lowest BCUT2D eigenvalue weighted by Crippen LogP contribution is -2.04. The summed E-state index contributed by atoms with van der Waals surface area (Å²) in [6.07, 6.45) is 0. The summed E-state index contributed by atoms with van der Waals surface area (Å²) in [5, 5.41) is 2.71. The second kappa shape index (κ2) is 5.10. The first-order valence-corrected chi connectivity index (χ1v) is 6.83. The minimum atomic E-state index is 0.0379.